The van der Waals surface area contributed by atoms with Gasteiger partial charge in [-0.15, -0.1) is 11.3 Å². The van der Waals surface area contributed by atoms with Gasteiger partial charge in [0, 0.05) is 17.9 Å². The van der Waals surface area contributed by atoms with Gasteiger partial charge in [0.05, 0.1) is 17.7 Å². The van der Waals surface area contributed by atoms with Crippen LogP contribution in [0.5, 0.6) is 0 Å². The van der Waals surface area contributed by atoms with Crippen LogP contribution in [0.25, 0.3) is 10.1 Å². The summed E-state index contributed by atoms with van der Waals surface area (Å²) in [4.78, 5) is 12.5. The first-order valence-electron chi connectivity index (χ1n) is 6.99. The molecule has 1 aliphatic rings. The molecule has 1 aromatic carbocycles. The summed E-state index contributed by atoms with van der Waals surface area (Å²) in [6.07, 6.45) is 2.49. The van der Waals surface area contributed by atoms with Gasteiger partial charge < -0.3 is 15.8 Å². The van der Waals surface area contributed by atoms with Crippen LogP contribution in [0, 0.1) is 11.7 Å². The van der Waals surface area contributed by atoms with Gasteiger partial charge in [-0.25, -0.2) is 4.39 Å². The average molecular weight is 308 g/mol. The number of rotatable bonds is 6. The zero-order valence-electron chi connectivity index (χ0n) is 11.5. The molecular formula is C15H17FN2O2S. The summed E-state index contributed by atoms with van der Waals surface area (Å²) in [6, 6.07) is 4.72. The topological polar surface area (TPSA) is 64.4 Å². The molecule has 0 spiro atoms. The van der Waals surface area contributed by atoms with Crippen molar-refractivity contribution in [1.29, 1.82) is 0 Å². The Morgan fingerprint density at radius 1 is 1.48 bits per heavy atom. The minimum atomic E-state index is -0.395. The number of benzene rings is 1. The van der Waals surface area contributed by atoms with Gasteiger partial charge in [-0.2, -0.15) is 0 Å². The van der Waals surface area contributed by atoms with Crippen molar-refractivity contribution < 1.29 is 13.9 Å². The molecular weight excluding hydrogens is 291 g/mol. The van der Waals surface area contributed by atoms with Crippen LogP contribution in [0.15, 0.2) is 18.2 Å². The van der Waals surface area contributed by atoms with Crippen LogP contribution in [-0.2, 0) is 4.74 Å². The molecule has 0 aliphatic heterocycles. The van der Waals surface area contributed by atoms with Gasteiger partial charge in [-0.3, -0.25) is 4.79 Å². The first kappa shape index (κ1) is 14.3. The molecule has 3 rings (SSSR count). The van der Waals surface area contributed by atoms with E-state index < -0.39 is 5.82 Å². The van der Waals surface area contributed by atoms with Crippen LogP contribution in [0.4, 0.5) is 10.1 Å². The number of halogens is 1. The minimum Gasteiger partial charge on any atom is -0.397 e. The van der Waals surface area contributed by atoms with Crippen LogP contribution in [-0.4, -0.2) is 25.7 Å². The monoisotopic (exact) mass is 308 g/mol. The predicted octanol–water partition coefficient (Wildman–Crippen LogP) is 2.78. The van der Waals surface area contributed by atoms with E-state index in [0.717, 1.165) is 6.61 Å². The summed E-state index contributed by atoms with van der Waals surface area (Å²) in [6.45, 7) is 1.69. The van der Waals surface area contributed by atoms with Crippen molar-refractivity contribution in [3.63, 3.8) is 0 Å². The van der Waals surface area contributed by atoms with Crippen molar-refractivity contribution >= 4 is 33.0 Å². The largest absolute Gasteiger partial charge is 0.397 e. The van der Waals surface area contributed by atoms with Gasteiger partial charge in [0.15, 0.2) is 0 Å². The molecule has 1 saturated carbocycles. The third-order valence-electron chi connectivity index (χ3n) is 3.49. The standard InChI is InChI=1S/C15H17FN2O2S/c16-10-2-1-3-11-12(10)13(17)14(21-11)15(19)18-6-7-20-8-9-4-5-9/h1-3,9H,4-8,17H2,(H,18,19). The van der Waals surface area contributed by atoms with E-state index in [4.69, 9.17) is 10.5 Å². The molecule has 21 heavy (non-hydrogen) atoms. The molecule has 0 atom stereocenters. The van der Waals surface area contributed by atoms with E-state index in [1.165, 1.54) is 30.2 Å². The Kier molecular flexibility index (Phi) is 4.07. The molecule has 0 unspecified atom stereocenters. The number of thiophene rings is 1. The van der Waals surface area contributed by atoms with Crippen LogP contribution in [0.2, 0.25) is 0 Å². The summed E-state index contributed by atoms with van der Waals surface area (Å²) in [5.41, 5.74) is 6.11. The highest BCUT2D eigenvalue weighted by Crippen LogP contribution is 2.35. The highest BCUT2D eigenvalue weighted by atomic mass is 32.1. The van der Waals surface area contributed by atoms with E-state index in [1.54, 1.807) is 12.1 Å². The fraction of sp³-hybridized carbons (Fsp3) is 0.400. The quantitative estimate of drug-likeness (QED) is 0.807. The number of carbonyl (C=O) groups excluding carboxylic acids is 1. The van der Waals surface area contributed by atoms with Crippen molar-refractivity contribution in [3.05, 3.63) is 28.9 Å². The molecule has 3 N–H and O–H groups in total. The Hall–Kier alpha value is -1.66. The van der Waals surface area contributed by atoms with E-state index in [2.05, 4.69) is 5.32 Å². The van der Waals surface area contributed by atoms with Gasteiger partial charge in [-0.05, 0) is 30.9 Å². The first-order chi connectivity index (χ1) is 10.2. The second-order valence-electron chi connectivity index (χ2n) is 5.23. The highest BCUT2D eigenvalue weighted by molar-refractivity contribution is 7.21. The number of nitrogens with one attached hydrogen (secondary N) is 1. The number of amides is 1. The van der Waals surface area contributed by atoms with Crippen LogP contribution < -0.4 is 11.1 Å². The normalized spacial score (nSPS) is 14.5. The maximum absolute atomic E-state index is 13.7. The molecule has 1 fully saturated rings. The van der Waals surface area contributed by atoms with E-state index in [1.807, 2.05) is 0 Å². The van der Waals surface area contributed by atoms with E-state index in [0.29, 0.717) is 34.0 Å². The lowest BCUT2D eigenvalue weighted by Gasteiger charge is -2.05. The van der Waals surface area contributed by atoms with E-state index in [9.17, 15) is 9.18 Å². The Morgan fingerprint density at radius 2 is 2.29 bits per heavy atom. The smallest absolute Gasteiger partial charge is 0.263 e. The van der Waals surface area contributed by atoms with Gasteiger partial charge in [-0.1, -0.05) is 6.07 Å². The summed E-state index contributed by atoms with van der Waals surface area (Å²) >= 11 is 1.21. The zero-order valence-corrected chi connectivity index (χ0v) is 12.3. The second kappa shape index (κ2) is 5.99. The summed E-state index contributed by atoms with van der Waals surface area (Å²) in [5.74, 6) is 0.0399. The molecule has 1 aromatic heterocycles. The summed E-state index contributed by atoms with van der Waals surface area (Å²) in [7, 11) is 0. The number of hydrogen-bond donors (Lipinski definition) is 2. The lowest BCUT2D eigenvalue weighted by molar-refractivity contribution is 0.0911. The maximum Gasteiger partial charge on any atom is 0.263 e. The first-order valence-corrected chi connectivity index (χ1v) is 7.81. The fourth-order valence-corrected chi connectivity index (χ4v) is 3.20. The molecule has 4 nitrogen and oxygen atoms in total. The van der Waals surface area contributed by atoms with Gasteiger partial charge in [0.2, 0.25) is 0 Å². The number of carbonyl (C=O) groups is 1. The molecule has 6 heteroatoms. The van der Waals surface area contributed by atoms with E-state index >= 15 is 0 Å². The fourth-order valence-electron chi connectivity index (χ4n) is 2.15. The SMILES string of the molecule is Nc1c(C(=O)NCCOCC2CC2)sc2cccc(F)c12. The van der Waals surface area contributed by atoms with Crippen LogP contribution >= 0.6 is 11.3 Å². The maximum atomic E-state index is 13.7. The van der Waals surface area contributed by atoms with Crippen molar-refractivity contribution in [2.24, 2.45) is 5.92 Å². The highest BCUT2D eigenvalue weighted by Gasteiger charge is 2.21. The number of fused-ring (bicyclic) bond motifs is 1. The third-order valence-corrected chi connectivity index (χ3v) is 4.66. The number of ether oxygens (including phenoxy) is 1. The van der Waals surface area contributed by atoms with Crippen molar-refractivity contribution in [2.45, 2.75) is 12.8 Å². The minimum absolute atomic E-state index is 0.212. The number of nitrogens with two attached hydrogens (primary N) is 1. The third kappa shape index (κ3) is 3.16. The molecule has 112 valence electrons. The number of hydrogen-bond acceptors (Lipinski definition) is 4. The van der Waals surface area contributed by atoms with Gasteiger partial charge >= 0.3 is 0 Å². The molecule has 0 bridgehead atoms. The molecule has 1 amide bonds. The Balaban J connectivity index is 1.61. The zero-order chi connectivity index (χ0) is 14.8. The van der Waals surface area contributed by atoms with Gasteiger partial charge in [0.1, 0.15) is 10.7 Å². The Labute approximate surface area is 126 Å². The van der Waals surface area contributed by atoms with Crippen molar-refractivity contribution in [3.8, 4) is 0 Å². The summed E-state index contributed by atoms with van der Waals surface area (Å²) in [5, 5.41) is 3.09. The van der Waals surface area contributed by atoms with Crippen LogP contribution in [0.3, 0.4) is 0 Å². The summed E-state index contributed by atoms with van der Waals surface area (Å²) < 4.78 is 19.9. The van der Waals surface area contributed by atoms with E-state index in [-0.39, 0.29) is 11.6 Å². The molecule has 0 radical (unpaired) electrons. The Morgan fingerprint density at radius 3 is 3.00 bits per heavy atom. The van der Waals surface area contributed by atoms with Crippen LogP contribution in [0.1, 0.15) is 22.5 Å². The Bertz CT molecular complexity index is 667. The van der Waals surface area contributed by atoms with Crippen molar-refractivity contribution in [1.82, 2.24) is 5.32 Å². The molecule has 0 saturated heterocycles. The second-order valence-corrected chi connectivity index (χ2v) is 6.28. The molecule has 1 aliphatic carbocycles. The average Bonchev–Trinajstić information content (AvgIpc) is 3.22. The molecule has 2 aromatic rings. The predicted molar refractivity (Wildman–Crippen MR) is 82.1 cm³/mol. The number of anilines is 1. The molecule has 1 heterocycles. The van der Waals surface area contributed by atoms with Crippen molar-refractivity contribution in [2.75, 3.05) is 25.5 Å². The number of nitrogen functional groups attached to an aromatic ring is 1. The van der Waals surface area contributed by atoms with Gasteiger partial charge in [0.25, 0.3) is 5.91 Å². The lowest BCUT2D eigenvalue weighted by atomic mass is 10.2. The lowest BCUT2D eigenvalue weighted by Crippen LogP contribution is -2.27.